The standard InChI is InChI=1S/C14H28N2/c1-4-14(6-7-15-10-14)11-16-8-5-12(2)13(3)9-16/h12-13,15H,4-11H2,1-3H3. The molecule has 16 heavy (non-hydrogen) atoms. The Labute approximate surface area is 101 Å². The van der Waals surface area contributed by atoms with E-state index >= 15 is 0 Å². The Kier molecular flexibility index (Phi) is 3.91. The zero-order chi connectivity index (χ0) is 11.6. The van der Waals surface area contributed by atoms with E-state index < -0.39 is 0 Å². The van der Waals surface area contributed by atoms with Crippen molar-refractivity contribution < 1.29 is 0 Å². The predicted octanol–water partition coefficient (Wildman–Crippen LogP) is 2.35. The van der Waals surface area contributed by atoms with E-state index in [4.69, 9.17) is 0 Å². The molecule has 0 amide bonds. The Morgan fingerprint density at radius 3 is 2.69 bits per heavy atom. The second-order valence-electron chi connectivity index (χ2n) is 6.26. The lowest BCUT2D eigenvalue weighted by Gasteiger charge is -2.40. The molecule has 2 rings (SSSR count). The molecule has 2 heterocycles. The molecule has 2 heteroatoms. The van der Waals surface area contributed by atoms with E-state index in [9.17, 15) is 0 Å². The van der Waals surface area contributed by atoms with E-state index in [0.717, 1.165) is 11.8 Å². The zero-order valence-electron chi connectivity index (χ0n) is 11.3. The number of nitrogens with zero attached hydrogens (tertiary/aromatic N) is 1. The van der Waals surface area contributed by atoms with Gasteiger partial charge >= 0.3 is 0 Å². The van der Waals surface area contributed by atoms with Crippen LogP contribution in [0.3, 0.4) is 0 Å². The molecule has 2 nitrogen and oxygen atoms in total. The maximum Gasteiger partial charge on any atom is 0.00506 e. The average Bonchev–Trinajstić information content (AvgIpc) is 2.73. The first-order valence-electron chi connectivity index (χ1n) is 7.08. The lowest BCUT2D eigenvalue weighted by molar-refractivity contribution is 0.0878. The van der Waals surface area contributed by atoms with Crippen LogP contribution >= 0.6 is 0 Å². The molecule has 2 aliphatic rings. The molecule has 0 aromatic rings. The fourth-order valence-electron chi connectivity index (χ4n) is 3.31. The van der Waals surface area contributed by atoms with Gasteiger partial charge in [0.05, 0.1) is 0 Å². The van der Waals surface area contributed by atoms with E-state index in [1.165, 1.54) is 52.0 Å². The molecule has 3 unspecified atom stereocenters. The molecule has 3 atom stereocenters. The third kappa shape index (κ3) is 2.60. The van der Waals surface area contributed by atoms with Gasteiger partial charge < -0.3 is 10.2 Å². The summed E-state index contributed by atoms with van der Waals surface area (Å²) in [7, 11) is 0. The zero-order valence-corrected chi connectivity index (χ0v) is 11.3. The van der Waals surface area contributed by atoms with E-state index in [2.05, 4.69) is 31.0 Å². The SMILES string of the molecule is CCC1(CN2CCC(C)C(C)C2)CCNC1. The number of piperidine rings is 1. The topological polar surface area (TPSA) is 15.3 Å². The van der Waals surface area contributed by atoms with Crippen molar-refractivity contribution in [2.24, 2.45) is 17.3 Å². The van der Waals surface area contributed by atoms with E-state index in [-0.39, 0.29) is 0 Å². The van der Waals surface area contributed by atoms with Gasteiger partial charge in [-0.3, -0.25) is 0 Å². The maximum absolute atomic E-state index is 3.55. The highest BCUT2D eigenvalue weighted by molar-refractivity contribution is 4.90. The number of nitrogens with one attached hydrogen (secondary N) is 1. The first-order chi connectivity index (χ1) is 7.65. The van der Waals surface area contributed by atoms with Crippen molar-refractivity contribution in [1.29, 1.82) is 0 Å². The lowest BCUT2D eigenvalue weighted by atomic mass is 9.81. The molecule has 0 radical (unpaired) electrons. The van der Waals surface area contributed by atoms with Gasteiger partial charge in [0.1, 0.15) is 0 Å². The highest BCUT2D eigenvalue weighted by atomic mass is 15.1. The normalized spacial score (nSPS) is 41.4. The summed E-state index contributed by atoms with van der Waals surface area (Å²) in [6, 6.07) is 0. The summed E-state index contributed by atoms with van der Waals surface area (Å²) in [4.78, 5) is 2.72. The van der Waals surface area contributed by atoms with Gasteiger partial charge in [-0.15, -0.1) is 0 Å². The van der Waals surface area contributed by atoms with Crippen LogP contribution in [-0.4, -0.2) is 37.6 Å². The van der Waals surface area contributed by atoms with Crippen molar-refractivity contribution in [2.75, 3.05) is 32.7 Å². The summed E-state index contributed by atoms with van der Waals surface area (Å²) >= 11 is 0. The fraction of sp³-hybridized carbons (Fsp3) is 1.00. The maximum atomic E-state index is 3.55. The van der Waals surface area contributed by atoms with Crippen molar-refractivity contribution in [2.45, 2.75) is 40.0 Å². The Hall–Kier alpha value is -0.0800. The van der Waals surface area contributed by atoms with Crippen LogP contribution in [-0.2, 0) is 0 Å². The van der Waals surface area contributed by atoms with Gasteiger partial charge in [-0.2, -0.15) is 0 Å². The van der Waals surface area contributed by atoms with Crippen molar-refractivity contribution in [1.82, 2.24) is 10.2 Å². The van der Waals surface area contributed by atoms with Crippen molar-refractivity contribution >= 4 is 0 Å². The highest BCUT2D eigenvalue weighted by Crippen LogP contribution is 2.32. The third-order valence-corrected chi connectivity index (χ3v) is 5.06. The van der Waals surface area contributed by atoms with Crippen LogP contribution in [0, 0.1) is 17.3 Å². The van der Waals surface area contributed by atoms with E-state index in [1.54, 1.807) is 0 Å². The molecule has 1 N–H and O–H groups in total. The number of likely N-dealkylation sites (tertiary alicyclic amines) is 1. The molecular formula is C14H28N2. The van der Waals surface area contributed by atoms with Crippen LogP contribution in [0.4, 0.5) is 0 Å². The van der Waals surface area contributed by atoms with Crippen LogP contribution in [0.25, 0.3) is 0 Å². The molecule has 0 aliphatic carbocycles. The van der Waals surface area contributed by atoms with Gasteiger partial charge in [0, 0.05) is 19.6 Å². The highest BCUT2D eigenvalue weighted by Gasteiger charge is 2.35. The molecule has 2 fully saturated rings. The van der Waals surface area contributed by atoms with E-state index in [0.29, 0.717) is 5.41 Å². The smallest absolute Gasteiger partial charge is 0.00506 e. The van der Waals surface area contributed by atoms with Gasteiger partial charge in [-0.25, -0.2) is 0 Å². The molecule has 2 saturated heterocycles. The first-order valence-corrected chi connectivity index (χ1v) is 7.08. The van der Waals surface area contributed by atoms with Gasteiger partial charge in [-0.1, -0.05) is 20.8 Å². The van der Waals surface area contributed by atoms with Gasteiger partial charge in [0.25, 0.3) is 0 Å². The van der Waals surface area contributed by atoms with Gasteiger partial charge in [-0.05, 0) is 49.6 Å². The van der Waals surface area contributed by atoms with Gasteiger partial charge in [0.2, 0.25) is 0 Å². The van der Waals surface area contributed by atoms with Crippen molar-refractivity contribution in [3.63, 3.8) is 0 Å². The lowest BCUT2D eigenvalue weighted by Crippen LogP contribution is -2.45. The quantitative estimate of drug-likeness (QED) is 0.791. The first kappa shape index (κ1) is 12.4. The Morgan fingerprint density at radius 2 is 2.12 bits per heavy atom. The molecule has 0 aromatic heterocycles. The molecule has 0 aromatic carbocycles. The van der Waals surface area contributed by atoms with Gasteiger partial charge in [0.15, 0.2) is 0 Å². The molecule has 0 saturated carbocycles. The van der Waals surface area contributed by atoms with Crippen LogP contribution in [0.2, 0.25) is 0 Å². The van der Waals surface area contributed by atoms with Crippen LogP contribution in [0.1, 0.15) is 40.0 Å². The second-order valence-corrected chi connectivity index (χ2v) is 6.26. The Bertz CT molecular complexity index is 221. The minimum Gasteiger partial charge on any atom is -0.316 e. The molecular weight excluding hydrogens is 196 g/mol. The van der Waals surface area contributed by atoms with Crippen molar-refractivity contribution in [3.05, 3.63) is 0 Å². The fourth-order valence-corrected chi connectivity index (χ4v) is 3.31. The van der Waals surface area contributed by atoms with E-state index in [1.807, 2.05) is 0 Å². The molecule has 0 bridgehead atoms. The summed E-state index contributed by atoms with van der Waals surface area (Å²) in [5.74, 6) is 1.81. The summed E-state index contributed by atoms with van der Waals surface area (Å²) in [5.41, 5.74) is 0.584. The molecule has 0 spiro atoms. The second kappa shape index (κ2) is 5.05. The predicted molar refractivity (Wildman–Crippen MR) is 69.6 cm³/mol. The van der Waals surface area contributed by atoms with Crippen molar-refractivity contribution in [3.8, 4) is 0 Å². The molecule has 94 valence electrons. The number of rotatable bonds is 3. The third-order valence-electron chi connectivity index (χ3n) is 5.06. The minimum atomic E-state index is 0.584. The average molecular weight is 224 g/mol. The summed E-state index contributed by atoms with van der Waals surface area (Å²) in [6.45, 7) is 13.6. The van der Waals surface area contributed by atoms with Crippen LogP contribution < -0.4 is 5.32 Å². The molecule has 2 aliphatic heterocycles. The Balaban J connectivity index is 1.89. The monoisotopic (exact) mass is 224 g/mol. The van der Waals surface area contributed by atoms with Crippen LogP contribution in [0.5, 0.6) is 0 Å². The number of hydrogen-bond acceptors (Lipinski definition) is 2. The Morgan fingerprint density at radius 1 is 1.31 bits per heavy atom. The summed E-state index contributed by atoms with van der Waals surface area (Å²) in [6.07, 6.45) is 4.11. The number of hydrogen-bond donors (Lipinski definition) is 1. The minimum absolute atomic E-state index is 0.584. The summed E-state index contributed by atoms with van der Waals surface area (Å²) in [5, 5.41) is 3.55. The van der Waals surface area contributed by atoms with Crippen LogP contribution in [0.15, 0.2) is 0 Å². The largest absolute Gasteiger partial charge is 0.316 e. The summed E-state index contributed by atoms with van der Waals surface area (Å²) < 4.78 is 0.